The zero-order valence-corrected chi connectivity index (χ0v) is 25.2. The van der Waals surface area contributed by atoms with Crippen LogP contribution in [0.2, 0.25) is 5.02 Å². The van der Waals surface area contributed by atoms with E-state index in [1.54, 1.807) is 37.4 Å². The zero-order valence-electron chi connectivity index (χ0n) is 24.4. The number of carbonyl (C=O) groups excluding carboxylic acids is 3. The van der Waals surface area contributed by atoms with Crippen molar-refractivity contribution in [3.05, 3.63) is 64.1 Å². The van der Waals surface area contributed by atoms with Crippen molar-refractivity contribution in [1.82, 2.24) is 25.8 Å². The Labute approximate surface area is 241 Å². The number of anilines is 1. The maximum absolute atomic E-state index is 13.3. The van der Waals surface area contributed by atoms with E-state index in [1.807, 2.05) is 52.8 Å². The second-order valence-electron chi connectivity index (χ2n) is 10.4. The molecule has 11 heteroatoms. The Bertz CT molecular complexity index is 1230. The SMILES string of the molecule is CCOc1ccc(Cl)cc1C(=O)NCC(C)(C)CC(=O)N/C(C(=O)Nc1cccc(C)n1)=C(\CCN(C)C)NC. The Hall–Kier alpha value is -3.63. The minimum absolute atomic E-state index is 0.0469. The molecule has 2 rings (SSSR count). The van der Waals surface area contributed by atoms with E-state index in [4.69, 9.17) is 16.3 Å². The second kappa shape index (κ2) is 15.2. The summed E-state index contributed by atoms with van der Waals surface area (Å²) in [6, 6.07) is 10.2. The number of ether oxygens (including phenoxy) is 1. The van der Waals surface area contributed by atoms with Gasteiger partial charge in [0.1, 0.15) is 17.3 Å². The standard InChI is InChI=1S/C29H41ClN6O4/c1-8-40-23-13-12-20(30)16-21(23)27(38)32-18-29(3,4)17-25(37)35-26(22(31-5)14-15-36(6)7)28(39)34-24-11-9-10-19(2)33-24/h9-13,16,31H,8,14-15,17-18H2,1-7H3,(H,32,38)(H,35,37)(H,33,34,39)/b26-22+. The maximum Gasteiger partial charge on any atom is 0.275 e. The van der Waals surface area contributed by atoms with Gasteiger partial charge in [0.25, 0.3) is 11.8 Å². The number of hydrogen-bond donors (Lipinski definition) is 4. The number of carbonyl (C=O) groups is 3. The highest BCUT2D eigenvalue weighted by Crippen LogP contribution is 2.24. The summed E-state index contributed by atoms with van der Waals surface area (Å²) in [5.74, 6) is -0.385. The predicted octanol–water partition coefficient (Wildman–Crippen LogP) is 3.73. The van der Waals surface area contributed by atoms with E-state index in [0.717, 1.165) is 5.69 Å². The quantitative estimate of drug-likeness (QED) is 0.254. The van der Waals surface area contributed by atoms with Crippen molar-refractivity contribution in [2.45, 2.75) is 40.5 Å². The Kier molecular flexibility index (Phi) is 12.4. The number of benzene rings is 1. The fourth-order valence-corrected chi connectivity index (χ4v) is 4.00. The smallest absolute Gasteiger partial charge is 0.275 e. The molecule has 0 fully saturated rings. The van der Waals surface area contributed by atoms with Gasteiger partial charge in [0.2, 0.25) is 5.91 Å². The number of nitrogens with one attached hydrogen (secondary N) is 4. The van der Waals surface area contributed by atoms with Gasteiger partial charge in [-0.15, -0.1) is 0 Å². The molecule has 0 spiro atoms. The van der Waals surface area contributed by atoms with Gasteiger partial charge >= 0.3 is 0 Å². The molecular formula is C29H41ClN6O4. The molecule has 218 valence electrons. The molecule has 40 heavy (non-hydrogen) atoms. The number of aryl methyl sites for hydroxylation is 1. The molecule has 10 nitrogen and oxygen atoms in total. The van der Waals surface area contributed by atoms with Crippen molar-refractivity contribution in [3.8, 4) is 5.75 Å². The van der Waals surface area contributed by atoms with E-state index in [-0.39, 0.29) is 30.5 Å². The van der Waals surface area contributed by atoms with Crippen LogP contribution in [0.4, 0.5) is 5.82 Å². The fraction of sp³-hybridized carbons (Fsp3) is 0.448. The molecule has 0 bridgehead atoms. The number of nitrogens with zero attached hydrogens (tertiary/aromatic N) is 2. The van der Waals surface area contributed by atoms with Crippen molar-refractivity contribution in [2.75, 3.05) is 46.2 Å². The van der Waals surface area contributed by atoms with Crippen molar-refractivity contribution in [2.24, 2.45) is 5.41 Å². The number of aromatic nitrogens is 1. The van der Waals surface area contributed by atoms with Gasteiger partial charge in [-0.3, -0.25) is 14.4 Å². The van der Waals surface area contributed by atoms with Crippen LogP contribution < -0.4 is 26.0 Å². The zero-order chi connectivity index (χ0) is 29.9. The van der Waals surface area contributed by atoms with Crippen molar-refractivity contribution in [1.29, 1.82) is 0 Å². The van der Waals surface area contributed by atoms with Gasteiger partial charge in [-0.2, -0.15) is 0 Å². The highest BCUT2D eigenvalue weighted by Gasteiger charge is 2.26. The first kappa shape index (κ1) is 32.6. The van der Waals surface area contributed by atoms with Crippen molar-refractivity contribution < 1.29 is 19.1 Å². The number of pyridine rings is 1. The molecule has 0 radical (unpaired) electrons. The van der Waals surface area contributed by atoms with Gasteiger partial charge in [-0.05, 0) is 63.7 Å². The van der Waals surface area contributed by atoms with E-state index >= 15 is 0 Å². The normalized spacial score (nSPS) is 11.9. The van der Waals surface area contributed by atoms with Crippen molar-refractivity contribution >= 4 is 35.1 Å². The number of halogens is 1. The van der Waals surface area contributed by atoms with Gasteiger partial charge < -0.3 is 30.9 Å². The molecule has 4 N–H and O–H groups in total. The lowest BCUT2D eigenvalue weighted by atomic mass is 9.88. The summed E-state index contributed by atoms with van der Waals surface area (Å²) in [5, 5.41) is 11.9. The molecule has 1 aromatic heterocycles. The molecule has 0 aliphatic rings. The Balaban J connectivity index is 2.16. The van der Waals surface area contributed by atoms with E-state index < -0.39 is 11.3 Å². The fourth-order valence-electron chi connectivity index (χ4n) is 3.83. The highest BCUT2D eigenvalue weighted by atomic mass is 35.5. The van der Waals surface area contributed by atoms with Crippen LogP contribution in [0.1, 0.15) is 49.7 Å². The third-order valence-electron chi connectivity index (χ3n) is 5.89. The van der Waals surface area contributed by atoms with E-state index in [9.17, 15) is 14.4 Å². The van der Waals surface area contributed by atoms with Gasteiger partial charge in [0, 0.05) is 49.4 Å². The maximum atomic E-state index is 13.3. The minimum atomic E-state index is -0.632. The molecule has 1 aromatic carbocycles. The molecule has 0 aliphatic heterocycles. The van der Waals surface area contributed by atoms with Crippen LogP contribution in [0.3, 0.4) is 0 Å². The van der Waals surface area contributed by atoms with E-state index in [1.165, 1.54) is 0 Å². The Morgan fingerprint density at radius 3 is 2.48 bits per heavy atom. The Morgan fingerprint density at radius 1 is 1.12 bits per heavy atom. The average Bonchev–Trinajstić information content (AvgIpc) is 2.87. The van der Waals surface area contributed by atoms with Gasteiger partial charge in [-0.1, -0.05) is 31.5 Å². The largest absolute Gasteiger partial charge is 0.493 e. The van der Waals surface area contributed by atoms with E-state index in [2.05, 4.69) is 26.3 Å². The van der Waals surface area contributed by atoms with Crippen LogP contribution in [0.5, 0.6) is 5.75 Å². The number of hydrogen-bond acceptors (Lipinski definition) is 7. The lowest BCUT2D eigenvalue weighted by molar-refractivity contribution is -0.124. The first-order valence-corrected chi connectivity index (χ1v) is 13.5. The highest BCUT2D eigenvalue weighted by molar-refractivity contribution is 6.31. The van der Waals surface area contributed by atoms with Gasteiger partial charge in [0.05, 0.1) is 12.2 Å². The van der Waals surface area contributed by atoms with Crippen LogP contribution in [0.25, 0.3) is 0 Å². The molecular weight excluding hydrogens is 532 g/mol. The lowest BCUT2D eigenvalue weighted by Crippen LogP contribution is -2.40. The van der Waals surface area contributed by atoms with Gasteiger partial charge in [0.15, 0.2) is 0 Å². The van der Waals surface area contributed by atoms with Crippen LogP contribution in [0.15, 0.2) is 47.8 Å². The summed E-state index contributed by atoms with van der Waals surface area (Å²) in [5.41, 5.74) is 1.15. The summed E-state index contributed by atoms with van der Waals surface area (Å²) in [7, 11) is 5.57. The average molecular weight is 573 g/mol. The topological polar surface area (TPSA) is 125 Å². The summed E-state index contributed by atoms with van der Waals surface area (Å²) < 4.78 is 5.55. The molecule has 3 amide bonds. The van der Waals surface area contributed by atoms with E-state index in [0.29, 0.717) is 47.4 Å². The summed E-state index contributed by atoms with van der Waals surface area (Å²) in [6.45, 7) is 8.65. The minimum Gasteiger partial charge on any atom is -0.493 e. The second-order valence-corrected chi connectivity index (χ2v) is 10.9. The molecule has 0 atom stereocenters. The van der Waals surface area contributed by atoms with Crippen LogP contribution in [0, 0.1) is 12.3 Å². The summed E-state index contributed by atoms with van der Waals surface area (Å²) in [4.78, 5) is 45.7. The van der Waals surface area contributed by atoms with Gasteiger partial charge in [-0.25, -0.2) is 4.98 Å². The number of amides is 3. The molecule has 1 heterocycles. The lowest BCUT2D eigenvalue weighted by Gasteiger charge is -2.25. The predicted molar refractivity (Wildman–Crippen MR) is 158 cm³/mol. The molecule has 0 aliphatic carbocycles. The molecule has 0 saturated carbocycles. The summed E-state index contributed by atoms with van der Waals surface area (Å²) >= 11 is 6.09. The summed E-state index contributed by atoms with van der Waals surface area (Å²) in [6.07, 6.45) is 0.556. The van der Waals surface area contributed by atoms with Crippen LogP contribution in [-0.4, -0.2) is 68.4 Å². The number of rotatable bonds is 14. The third-order valence-corrected chi connectivity index (χ3v) is 6.12. The van der Waals surface area contributed by atoms with Crippen molar-refractivity contribution in [3.63, 3.8) is 0 Å². The third kappa shape index (κ3) is 10.5. The van der Waals surface area contributed by atoms with Crippen LogP contribution in [-0.2, 0) is 9.59 Å². The molecule has 2 aromatic rings. The van der Waals surface area contributed by atoms with Crippen LogP contribution >= 0.6 is 11.6 Å². The molecule has 0 saturated heterocycles. The first-order valence-electron chi connectivity index (χ1n) is 13.2. The molecule has 0 unspecified atom stereocenters. The first-order chi connectivity index (χ1) is 18.8. The monoisotopic (exact) mass is 572 g/mol. The Morgan fingerprint density at radius 2 is 1.85 bits per heavy atom.